The number of aliphatic carboxylic acids is 3. The van der Waals surface area contributed by atoms with Crippen LogP contribution in [0.2, 0.25) is 0 Å². The van der Waals surface area contributed by atoms with Crippen molar-refractivity contribution in [1.82, 2.24) is 4.90 Å². The van der Waals surface area contributed by atoms with Crippen molar-refractivity contribution in [3.63, 3.8) is 0 Å². The number of carboxylic acids is 3. The molecule has 0 aromatic carbocycles. The quantitative estimate of drug-likeness (QED) is 0.228. The molecule has 12 heteroatoms. The third-order valence-corrected chi connectivity index (χ3v) is 12.4. The third-order valence-electron chi connectivity index (χ3n) is 12.4. The Labute approximate surface area is 270 Å². The number of hydrogen-bond donors (Lipinski definition) is 5. The van der Waals surface area contributed by atoms with Gasteiger partial charge in [0, 0.05) is 11.8 Å². The molecule has 46 heavy (non-hydrogen) atoms. The topological polar surface area (TPSA) is 199 Å². The third kappa shape index (κ3) is 7.59. The van der Waals surface area contributed by atoms with Crippen LogP contribution in [0.25, 0.3) is 0 Å². The maximum absolute atomic E-state index is 13.2. The molecule has 1 heterocycles. The number of likely N-dealkylation sites (tertiary alicyclic amines) is 1. The van der Waals surface area contributed by atoms with E-state index in [1.165, 1.54) is 25.7 Å². The molecule has 0 bridgehead atoms. The first kappa shape index (κ1) is 36.3. The second-order valence-electron chi connectivity index (χ2n) is 15.3. The predicted octanol–water partition coefficient (Wildman–Crippen LogP) is 3.35. The van der Waals surface area contributed by atoms with E-state index in [4.69, 9.17) is 25.2 Å². The summed E-state index contributed by atoms with van der Waals surface area (Å²) in [4.78, 5) is 58.6. The molecule has 5 N–H and O–H groups in total. The van der Waals surface area contributed by atoms with E-state index in [1.807, 2.05) is 0 Å². The molecule has 0 aromatic rings. The van der Waals surface area contributed by atoms with E-state index < -0.39 is 36.4 Å². The van der Waals surface area contributed by atoms with Gasteiger partial charge in [-0.05, 0) is 113 Å². The van der Waals surface area contributed by atoms with Gasteiger partial charge in [0.05, 0.1) is 25.5 Å². The number of ketones is 1. The second-order valence-corrected chi connectivity index (χ2v) is 15.3. The summed E-state index contributed by atoms with van der Waals surface area (Å²) in [5.41, 5.74) is -2.67. The number of carbonyl (C=O) groups is 5. The Morgan fingerprint density at radius 1 is 0.870 bits per heavy atom. The zero-order valence-electron chi connectivity index (χ0n) is 27.5. The molecule has 0 unspecified atom stereocenters. The van der Waals surface area contributed by atoms with Crippen LogP contribution in [0.3, 0.4) is 0 Å². The van der Waals surface area contributed by atoms with Gasteiger partial charge < -0.3 is 30.3 Å². The Hall–Kier alpha value is -2.57. The number of ether oxygens (including phenoxy) is 1. The smallest absolute Gasteiger partial charge is 0.336 e. The van der Waals surface area contributed by atoms with E-state index in [-0.39, 0.29) is 34.9 Å². The first-order valence-corrected chi connectivity index (χ1v) is 17.0. The highest BCUT2D eigenvalue weighted by Gasteiger charge is 2.64. The van der Waals surface area contributed by atoms with Crippen molar-refractivity contribution >= 4 is 29.7 Å². The molecule has 0 radical (unpaired) electrons. The summed E-state index contributed by atoms with van der Waals surface area (Å²) in [6, 6.07) is 0. The predicted molar refractivity (Wildman–Crippen MR) is 165 cm³/mol. The summed E-state index contributed by atoms with van der Waals surface area (Å²) >= 11 is 0. The fourth-order valence-electron chi connectivity index (χ4n) is 10.3. The molecule has 1 aliphatic heterocycles. The van der Waals surface area contributed by atoms with E-state index in [0.29, 0.717) is 36.0 Å². The lowest BCUT2D eigenvalue weighted by atomic mass is 9.43. The number of carbonyl (C=O) groups excluding carboxylic acids is 2. The molecule has 12 nitrogen and oxygen atoms in total. The minimum absolute atomic E-state index is 0.0551. The summed E-state index contributed by atoms with van der Waals surface area (Å²) in [5.74, 6) is -2.72. The molecule has 5 fully saturated rings. The van der Waals surface area contributed by atoms with Gasteiger partial charge in [0.1, 0.15) is 11.9 Å². The molecule has 9 atom stereocenters. The van der Waals surface area contributed by atoms with Crippen LogP contribution in [0.1, 0.15) is 104 Å². The minimum Gasteiger partial charge on any atom is -0.481 e. The van der Waals surface area contributed by atoms with Crippen LogP contribution in [0.4, 0.5) is 0 Å². The lowest BCUT2D eigenvalue weighted by Crippen LogP contribution is -2.60. The second kappa shape index (κ2) is 14.3. The van der Waals surface area contributed by atoms with E-state index in [2.05, 4.69) is 18.7 Å². The number of fused-ring (bicyclic) bond motifs is 5. The van der Waals surface area contributed by atoms with Gasteiger partial charge in [0.25, 0.3) is 0 Å². The van der Waals surface area contributed by atoms with Crippen LogP contribution in [-0.4, -0.2) is 97.5 Å². The first-order valence-electron chi connectivity index (χ1n) is 17.0. The molecule has 0 aromatic heterocycles. The average molecular weight is 652 g/mol. The number of carboxylic acid groups (broad SMARTS) is 3. The van der Waals surface area contributed by atoms with Crippen molar-refractivity contribution in [3.8, 4) is 0 Å². The maximum atomic E-state index is 13.2. The first-order chi connectivity index (χ1) is 21.5. The van der Waals surface area contributed by atoms with Gasteiger partial charge >= 0.3 is 23.9 Å². The molecule has 4 saturated carbocycles. The summed E-state index contributed by atoms with van der Waals surface area (Å²) < 4.78 is 6.45. The maximum Gasteiger partial charge on any atom is 0.336 e. The van der Waals surface area contributed by atoms with Gasteiger partial charge in [0.2, 0.25) is 0 Å². The van der Waals surface area contributed by atoms with Crippen LogP contribution >= 0.6 is 0 Å². The number of piperidine rings is 1. The molecular weight excluding hydrogens is 598 g/mol. The number of esters is 1. The number of aliphatic hydroxyl groups is 2. The lowest BCUT2D eigenvalue weighted by molar-refractivity contribution is -0.199. The van der Waals surface area contributed by atoms with Crippen molar-refractivity contribution in [2.75, 3.05) is 19.6 Å². The van der Waals surface area contributed by atoms with E-state index >= 15 is 0 Å². The van der Waals surface area contributed by atoms with Gasteiger partial charge in [-0.15, -0.1) is 0 Å². The Kier molecular flexibility index (Phi) is 11.3. The van der Waals surface area contributed by atoms with Crippen LogP contribution in [0, 0.1) is 40.4 Å². The van der Waals surface area contributed by atoms with Crippen molar-refractivity contribution in [2.45, 2.75) is 122 Å². The Bertz CT molecular complexity index is 1150. The number of Topliss-reactive ketones (excluding diaryl/α,β-unsaturated/α-hetero) is 1. The highest BCUT2D eigenvalue weighted by atomic mass is 16.5. The summed E-state index contributed by atoms with van der Waals surface area (Å²) in [6.45, 7) is 8.93. The van der Waals surface area contributed by atoms with Crippen molar-refractivity contribution in [3.05, 3.63) is 0 Å². The fraction of sp³-hybridized carbons (Fsp3) is 0.853. The standard InChI is InChI=1S/C28H45NO4.C6H8O7/c1-18(30)22-9-10-23-21-8-7-19-15-20(31)11-12-27(19,2)26(21)24(16-28(22,23)3)33-25(32)17-29-13-5-4-6-14-29;7-3(8)1-6(13,5(11)12)2-4(9)10/h19-24,26,31H,4-17H2,1-3H3;13H,1-2H2,(H,7,8)(H,9,10)(H,11,12)/t19-,20+,21-,22+,23-,24-,26+,27-,28+;/m0./s1. The Balaban J connectivity index is 0.000000315. The van der Waals surface area contributed by atoms with Gasteiger partial charge in [0.15, 0.2) is 5.60 Å². The number of rotatable bonds is 9. The van der Waals surface area contributed by atoms with Crippen molar-refractivity contribution in [2.24, 2.45) is 40.4 Å². The van der Waals surface area contributed by atoms with Crippen LogP contribution in [-0.2, 0) is 28.7 Å². The highest BCUT2D eigenvalue weighted by molar-refractivity contribution is 5.88. The molecule has 0 amide bonds. The van der Waals surface area contributed by atoms with Gasteiger partial charge in [-0.2, -0.15) is 0 Å². The van der Waals surface area contributed by atoms with Gasteiger partial charge in [-0.3, -0.25) is 24.1 Å². The summed E-state index contributed by atoms with van der Waals surface area (Å²) in [7, 11) is 0. The Morgan fingerprint density at radius 3 is 2.07 bits per heavy atom. The van der Waals surface area contributed by atoms with Crippen LogP contribution < -0.4 is 0 Å². The van der Waals surface area contributed by atoms with Crippen molar-refractivity contribution < 1.29 is 54.2 Å². The lowest BCUT2D eigenvalue weighted by Gasteiger charge is -2.62. The average Bonchev–Trinajstić information content (AvgIpc) is 3.30. The summed E-state index contributed by atoms with van der Waals surface area (Å²) in [6.07, 6.45) is 9.11. The molecule has 1 saturated heterocycles. The summed E-state index contributed by atoms with van der Waals surface area (Å²) in [5, 5.41) is 44.2. The Morgan fingerprint density at radius 2 is 1.50 bits per heavy atom. The molecule has 0 spiro atoms. The van der Waals surface area contributed by atoms with Crippen LogP contribution in [0.5, 0.6) is 0 Å². The fourth-order valence-corrected chi connectivity index (χ4v) is 10.3. The normalized spacial score (nSPS) is 37.4. The minimum atomic E-state index is -2.74. The SMILES string of the molecule is CC(=O)[C@H]1CC[C@H]2[C@@H]3CC[C@H]4C[C@H](O)CC[C@]4(C)[C@H]3[C@@H](OC(=O)CN3CCCCC3)C[C@]12C.O=C(O)CC(O)(CC(=O)O)C(=O)O. The zero-order valence-corrected chi connectivity index (χ0v) is 27.5. The van der Waals surface area contributed by atoms with Gasteiger partial charge in [-0.25, -0.2) is 4.79 Å². The van der Waals surface area contributed by atoms with Crippen LogP contribution in [0.15, 0.2) is 0 Å². The number of aliphatic hydroxyl groups excluding tert-OH is 1. The molecule has 5 aliphatic rings. The van der Waals surface area contributed by atoms with E-state index in [1.54, 1.807) is 6.92 Å². The molecule has 4 aliphatic carbocycles. The number of hydrogen-bond acceptors (Lipinski definition) is 9. The van der Waals surface area contributed by atoms with Gasteiger partial charge in [-0.1, -0.05) is 20.3 Å². The van der Waals surface area contributed by atoms with E-state index in [9.17, 15) is 29.1 Å². The molecule has 5 rings (SSSR count). The number of nitrogens with zero attached hydrogens (tertiary/aromatic N) is 1. The van der Waals surface area contributed by atoms with Crippen molar-refractivity contribution in [1.29, 1.82) is 0 Å². The molecule has 260 valence electrons. The molecular formula is C34H53NO11. The van der Waals surface area contributed by atoms with E-state index in [0.717, 1.165) is 58.0 Å². The zero-order chi connectivity index (χ0) is 34.0. The highest BCUT2D eigenvalue weighted by Crippen LogP contribution is 2.68. The monoisotopic (exact) mass is 651 g/mol. The largest absolute Gasteiger partial charge is 0.481 e.